The number of ether oxygens (including phenoxy) is 1. The molecule has 1 aliphatic heterocycles. The molecule has 0 radical (unpaired) electrons. The fourth-order valence-electron chi connectivity index (χ4n) is 2.37. The minimum atomic E-state index is 0.312. The molecule has 4 heteroatoms. The molecule has 0 bridgehead atoms. The molecule has 2 rings (SSSR count). The van der Waals surface area contributed by atoms with Crippen LogP contribution in [-0.2, 0) is 4.74 Å². The van der Waals surface area contributed by atoms with E-state index in [1.807, 2.05) is 0 Å². The molecular weight excluding hydrogens is 304 g/mol. The number of likely N-dealkylation sites (N-methyl/N-ethyl adjacent to an activating group) is 1. The summed E-state index contributed by atoms with van der Waals surface area (Å²) in [6.45, 7) is 9.39. The van der Waals surface area contributed by atoms with Crippen LogP contribution in [0.4, 0.5) is 0 Å². The quantitative estimate of drug-likeness (QED) is 0.900. The summed E-state index contributed by atoms with van der Waals surface area (Å²) in [4.78, 5) is 2.44. The van der Waals surface area contributed by atoms with Gasteiger partial charge in [-0.1, -0.05) is 35.0 Å². The molecule has 2 atom stereocenters. The van der Waals surface area contributed by atoms with Gasteiger partial charge in [0.15, 0.2) is 0 Å². The second-order valence-electron chi connectivity index (χ2n) is 5.07. The van der Waals surface area contributed by atoms with Gasteiger partial charge < -0.3 is 10.1 Å². The van der Waals surface area contributed by atoms with Crippen molar-refractivity contribution in [1.29, 1.82) is 0 Å². The second-order valence-corrected chi connectivity index (χ2v) is 5.98. The highest BCUT2D eigenvalue weighted by molar-refractivity contribution is 9.10. The summed E-state index contributed by atoms with van der Waals surface area (Å²) < 4.78 is 6.93. The van der Waals surface area contributed by atoms with E-state index in [9.17, 15) is 0 Å². The summed E-state index contributed by atoms with van der Waals surface area (Å²) in [7, 11) is 0. The van der Waals surface area contributed by atoms with Gasteiger partial charge in [0.2, 0.25) is 0 Å². The van der Waals surface area contributed by atoms with Gasteiger partial charge in [-0.3, -0.25) is 4.90 Å². The van der Waals surface area contributed by atoms with Crippen LogP contribution in [0.15, 0.2) is 28.7 Å². The van der Waals surface area contributed by atoms with Crippen LogP contribution in [0.1, 0.15) is 25.5 Å². The van der Waals surface area contributed by atoms with Gasteiger partial charge in [-0.05, 0) is 31.2 Å². The molecular formula is C15H23BrN2O. The fraction of sp³-hybridized carbons (Fsp3) is 0.600. The van der Waals surface area contributed by atoms with Gasteiger partial charge in [-0.25, -0.2) is 0 Å². The van der Waals surface area contributed by atoms with E-state index in [4.69, 9.17) is 4.74 Å². The van der Waals surface area contributed by atoms with Crippen molar-refractivity contribution in [3.63, 3.8) is 0 Å². The van der Waals surface area contributed by atoms with Crippen LogP contribution in [-0.4, -0.2) is 43.8 Å². The Morgan fingerprint density at radius 2 is 2.16 bits per heavy atom. The van der Waals surface area contributed by atoms with Crippen molar-refractivity contribution in [3.05, 3.63) is 34.3 Å². The first-order valence-electron chi connectivity index (χ1n) is 7.02. The third kappa shape index (κ3) is 4.56. The van der Waals surface area contributed by atoms with Crippen molar-refractivity contribution in [2.75, 3.05) is 32.8 Å². The van der Waals surface area contributed by atoms with Crippen molar-refractivity contribution in [1.82, 2.24) is 10.2 Å². The van der Waals surface area contributed by atoms with Gasteiger partial charge in [0, 0.05) is 30.1 Å². The molecule has 1 aromatic carbocycles. The highest BCUT2D eigenvalue weighted by Crippen LogP contribution is 2.16. The molecule has 0 aromatic heterocycles. The van der Waals surface area contributed by atoms with Gasteiger partial charge in [0.1, 0.15) is 0 Å². The van der Waals surface area contributed by atoms with Crippen molar-refractivity contribution in [2.24, 2.45) is 0 Å². The van der Waals surface area contributed by atoms with Gasteiger partial charge in [0.25, 0.3) is 0 Å². The molecule has 1 saturated heterocycles. The average molecular weight is 327 g/mol. The molecule has 0 saturated carbocycles. The largest absolute Gasteiger partial charge is 0.374 e. The molecule has 1 aliphatic rings. The summed E-state index contributed by atoms with van der Waals surface area (Å²) in [5, 5.41) is 3.57. The Morgan fingerprint density at radius 1 is 1.42 bits per heavy atom. The Bertz CT molecular complexity index is 382. The predicted molar refractivity (Wildman–Crippen MR) is 82.4 cm³/mol. The Kier molecular flexibility index (Phi) is 5.82. The molecule has 3 nitrogen and oxygen atoms in total. The summed E-state index contributed by atoms with van der Waals surface area (Å²) in [5.41, 5.74) is 1.31. The number of nitrogens with zero attached hydrogens (tertiary/aromatic N) is 1. The Labute approximate surface area is 124 Å². The molecule has 0 spiro atoms. The number of halogens is 1. The van der Waals surface area contributed by atoms with E-state index in [0.717, 1.165) is 37.3 Å². The van der Waals surface area contributed by atoms with Crippen LogP contribution in [0.5, 0.6) is 0 Å². The number of hydrogen-bond donors (Lipinski definition) is 1. The summed E-state index contributed by atoms with van der Waals surface area (Å²) in [5.74, 6) is 0. The molecule has 106 valence electrons. The summed E-state index contributed by atoms with van der Waals surface area (Å²) in [6.07, 6.45) is 0.312. The zero-order valence-electron chi connectivity index (χ0n) is 11.7. The predicted octanol–water partition coefficient (Wildman–Crippen LogP) is 2.82. The zero-order valence-corrected chi connectivity index (χ0v) is 13.3. The minimum Gasteiger partial charge on any atom is -0.374 e. The third-order valence-corrected chi connectivity index (χ3v) is 4.22. The molecule has 1 fully saturated rings. The number of nitrogens with one attached hydrogen (secondary N) is 1. The molecule has 1 aromatic rings. The van der Waals surface area contributed by atoms with Crippen LogP contribution in [0, 0.1) is 0 Å². The van der Waals surface area contributed by atoms with Gasteiger partial charge in [-0.2, -0.15) is 0 Å². The minimum absolute atomic E-state index is 0.312. The van der Waals surface area contributed by atoms with E-state index in [1.54, 1.807) is 0 Å². The first-order chi connectivity index (χ1) is 9.19. The molecule has 1 unspecified atom stereocenters. The van der Waals surface area contributed by atoms with E-state index >= 15 is 0 Å². The topological polar surface area (TPSA) is 24.5 Å². The first kappa shape index (κ1) is 15.0. The standard InChI is InChI=1S/C15H23BrN2O/c1-3-18-8-9-19-15(11-18)10-17-12(2)13-4-6-14(16)7-5-13/h4-7,12,15,17H,3,8-11H2,1-2H3/t12-,15?/m1/s1. The monoisotopic (exact) mass is 326 g/mol. The normalized spacial score (nSPS) is 22.4. The number of benzene rings is 1. The maximum atomic E-state index is 5.80. The lowest BCUT2D eigenvalue weighted by molar-refractivity contribution is -0.0262. The summed E-state index contributed by atoms with van der Waals surface area (Å²) in [6, 6.07) is 8.84. The lowest BCUT2D eigenvalue weighted by Crippen LogP contribution is -2.46. The Hall–Kier alpha value is -0.420. The van der Waals surface area contributed by atoms with Gasteiger partial charge in [0.05, 0.1) is 12.7 Å². The van der Waals surface area contributed by atoms with Crippen LogP contribution in [0.2, 0.25) is 0 Å². The van der Waals surface area contributed by atoms with E-state index in [0.29, 0.717) is 12.1 Å². The Morgan fingerprint density at radius 3 is 2.84 bits per heavy atom. The van der Waals surface area contributed by atoms with Gasteiger partial charge >= 0.3 is 0 Å². The number of rotatable bonds is 5. The van der Waals surface area contributed by atoms with Crippen molar-refractivity contribution in [3.8, 4) is 0 Å². The van der Waals surface area contributed by atoms with Crippen molar-refractivity contribution < 1.29 is 4.74 Å². The lowest BCUT2D eigenvalue weighted by Gasteiger charge is -2.32. The lowest BCUT2D eigenvalue weighted by atomic mass is 10.1. The zero-order chi connectivity index (χ0) is 13.7. The Balaban J connectivity index is 1.79. The van der Waals surface area contributed by atoms with E-state index in [1.165, 1.54) is 5.56 Å². The fourth-order valence-corrected chi connectivity index (χ4v) is 2.63. The summed E-state index contributed by atoms with van der Waals surface area (Å²) >= 11 is 3.46. The van der Waals surface area contributed by atoms with Crippen LogP contribution < -0.4 is 5.32 Å². The van der Waals surface area contributed by atoms with E-state index < -0.39 is 0 Å². The van der Waals surface area contributed by atoms with Gasteiger partial charge in [-0.15, -0.1) is 0 Å². The highest BCUT2D eigenvalue weighted by atomic mass is 79.9. The highest BCUT2D eigenvalue weighted by Gasteiger charge is 2.19. The molecule has 0 aliphatic carbocycles. The number of hydrogen-bond acceptors (Lipinski definition) is 3. The molecule has 19 heavy (non-hydrogen) atoms. The second kappa shape index (κ2) is 7.39. The smallest absolute Gasteiger partial charge is 0.0826 e. The van der Waals surface area contributed by atoms with Crippen LogP contribution >= 0.6 is 15.9 Å². The van der Waals surface area contributed by atoms with E-state index in [2.05, 4.69) is 64.3 Å². The average Bonchev–Trinajstić information content (AvgIpc) is 2.46. The molecule has 1 heterocycles. The van der Waals surface area contributed by atoms with Crippen molar-refractivity contribution in [2.45, 2.75) is 26.0 Å². The number of morpholine rings is 1. The van der Waals surface area contributed by atoms with Crippen LogP contribution in [0.3, 0.4) is 0 Å². The SMILES string of the molecule is CCN1CCOC(CN[C@H](C)c2ccc(Br)cc2)C1. The maximum Gasteiger partial charge on any atom is 0.0826 e. The molecule has 0 amide bonds. The van der Waals surface area contributed by atoms with Crippen LogP contribution in [0.25, 0.3) is 0 Å². The first-order valence-corrected chi connectivity index (χ1v) is 7.81. The third-order valence-electron chi connectivity index (χ3n) is 3.69. The maximum absolute atomic E-state index is 5.80. The van der Waals surface area contributed by atoms with E-state index in [-0.39, 0.29) is 0 Å². The van der Waals surface area contributed by atoms with Crippen molar-refractivity contribution >= 4 is 15.9 Å². The molecule has 1 N–H and O–H groups in total.